The van der Waals surface area contributed by atoms with Crippen LogP contribution in [-0.4, -0.2) is 33.2 Å². The topological polar surface area (TPSA) is 70.5 Å². The molecule has 7 heteroatoms. The van der Waals surface area contributed by atoms with Gasteiger partial charge in [0.05, 0.1) is 18.8 Å². The van der Waals surface area contributed by atoms with Crippen molar-refractivity contribution >= 4 is 23.3 Å². The Bertz CT molecular complexity index is 1430. The van der Waals surface area contributed by atoms with Crippen LogP contribution in [0.25, 0.3) is 0 Å². The number of aryl methyl sites for hydroxylation is 3. The van der Waals surface area contributed by atoms with Crippen LogP contribution in [0.15, 0.2) is 78.9 Å². The van der Waals surface area contributed by atoms with E-state index >= 15 is 0 Å². The molecule has 0 saturated heterocycles. The number of nitrogens with one attached hydrogen (secondary N) is 1. The van der Waals surface area contributed by atoms with Crippen LogP contribution in [-0.2, 0) is 26.6 Å². The van der Waals surface area contributed by atoms with Gasteiger partial charge >= 0.3 is 6.03 Å². The predicted octanol–water partition coefficient (Wildman–Crippen LogP) is 5.47. The van der Waals surface area contributed by atoms with Gasteiger partial charge < -0.3 is 15.1 Å². The summed E-state index contributed by atoms with van der Waals surface area (Å²) in [6, 6.07) is 24.9. The predicted molar refractivity (Wildman–Crippen MR) is 146 cm³/mol. The zero-order valence-electron chi connectivity index (χ0n) is 21.4. The Morgan fingerprint density at radius 1 is 0.946 bits per heavy atom. The molecule has 1 aliphatic rings. The fourth-order valence-electron chi connectivity index (χ4n) is 4.79. The number of amides is 3. The number of carbonyl (C=O) groups excluding carboxylic acids is 2. The molecule has 188 valence electrons. The minimum absolute atomic E-state index is 0.0875. The number of fused-ring (bicyclic) bond motifs is 1. The number of rotatable bonds is 5. The quantitative estimate of drug-likeness (QED) is 0.401. The van der Waals surface area contributed by atoms with Crippen LogP contribution < -0.4 is 10.2 Å². The SMILES string of the molecule is Cc1ccc(C(=O)N(Cc2nn(C)c3c2CN(C(=O)Nc2cccc(C)c2)CC3)c2ccccc2)cc1. The van der Waals surface area contributed by atoms with Crippen LogP contribution in [0.3, 0.4) is 0 Å². The largest absolute Gasteiger partial charge is 0.322 e. The zero-order valence-corrected chi connectivity index (χ0v) is 21.4. The molecule has 1 aromatic heterocycles. The normalized spacial score (nSPS) is 12.7. The van der Waals surface area contributed by atoms with Crippen LogP contribution in [0.5, 0.6) is 0 Å². The highest BCUT2D eigenvalue weighted by molar-refractivity contribution is 6.06. The van der Waals surface area contributed by atoms with Crippen LogP contribution in [0, 0.1) is 13.8 Å². The molecule has 3 amide bonds. The third-order valence-electron chi connectivity index (χ3n) is 6.80. The number of nitrogens with zero attached hydrogens (tertiary/aromatic N) is 4. The molecule has 1 N–H and O–H groups in total. The smallest absolute Gasteiger partial charge is 0.320 e. The number of urea groups is 1. The summed E-state index contributed by atoms with van der Waals surface area (Å²) in [6.45, 7) is 5.37. The van der Waals surface area contributed by atoms with Gasteiger partial charge in [0.25, 0.3) is 5.91 Å². The van der Waals surface area contributed by atoms with Crippen molar-refractivity contribution < 1.29 is 9.59 Å². The third-order valence-corrected chi connectivity index (χ3v) is 6.80. The molecule has 0 unspecified atom stereocenters. The molecular formula is C30H31N5O2. The van der Waals surface area contributed by atoms with E-state index in [0.717, 1.165) is 39.5 Å². The molecule has 0 spiro atoms. The Morgan fingerprint density at radius 2 is 1.70 bits per heavy atom. The summed E-state index contributed by atoms with van der Waals surface area (Å²) in [6.07, 6.45) is 0.706. The number of aromatic nitrogens is 2. The summed E-state index contributed by atoms with van der Waals surface area (Å²) >= 11 is 0. The fraction of sp³-hybridized carbons (Fsp3) is 0.233. The van der Waals surface area contributed by atoms with Gasteiger partial charge in [0.2, 0.25) is 0 Å². The van der Waals surface area contributed by atoms with Gasteiger partial charge in [-0.15, -0.1) is 0 Å². The fourth-order valence-corrected chi connectivity index (χ4v) is 4.79. The van der Waals surface area contributed by atoms with E-state index in [1.807, 2.05) is 109 Å². The minimum Gasteiger partial charge on any atom is -0.320 e. The van der Waals surface area contributed by atoms with Crippen molar-refractivity contribution in [3.05, 3.63) is 113 Å². The number of benzene rings is 3. The molecule has 7 nitrogen and oxygen atoms in total. The second-order valence-corrected chi connectivity index (χ2v) is 9.56. The van der Waals surface area contributed by atoms with E-state index in [0.29, 0.717) is 31.6 Å². The van der Waals surface area contributed by atoms with E-state index < -0.39 is 0 Å². The first-order valence-corrected chi connectivity index (χ1v) is 12.5. The number of para-hydroxylation sites is 1. The molecule has 0 atom stereocenters. The molecule has 0 saturated carbocycles. The van der Waals surface area contributed by atoms with Gasteiger partial charge in [-0.2, -0.15) is 5.10 Å². The molecule has 37 heavy (non-hydrogen) atoms. The van der Waals surface area contributed by atoms with E-state index in [4.69, 9.17) is 5.10 Å². The van der Waals surface area contributed by atoms with Crippen molar-refractivity contribution in [1.29, 1.82) is 0 Å². The monoisotopic (exact) mass is 493 g/mol. The van der Waals surface area contributed by atoms with Crippen LogP contribution in [0.4, 0.5) is 16.2 Å². The van der Waals surface area contributed by atoms with Crippen LogP contribution >= 0.6 is 0 Å². The van der Waals surface area contributed by atoms with E-state index in [-0.39, 0.29) is 11.9 Å². The first kappa shape index (κ1) is 24.3. The summed E-state index contributed by atoms with van der Waals surface area (Å²) in [5.41, 5.74) is 7.31. The van der Waals surface area contributed by atoms with E-state index in [1.165, 1.54) is 0 Å². The van der Waals surface area contributed by atoms with Gasteiger partial charge in [-0.25, -0.2) is 4.79 Å². The minimum atomic E-state index is -0.137. The van der Waals surface area contributed by atoms with Gasteiger partial charge in [-0.1, -0.05) is 48.0 Å². The summed E-state index contributed by atoms with van der Waals surface area (Å²) < 4.78 is 1.89. The third kappa shape index (κ3) is 5.26. The Kier molecular flexibility index (Phi) is 6.77. The maximum atomic E-state index is 13.7. The average Bonchev–Trinajstić information content (AvgIpc) is 3.22. The van der Waals surface area contributed by atoms with Crippen molar-refractivity contribution in [2.75, 3.05) is 16.8 Å². The van der Waals surface area contributed by atoms with Crippen LogP contribution in [0.2, 0.25) is 0 Å². The zero-order chi connectivity index (χ0) is 25.9. The Morgan fingerprint density at radius 3 is 2.43 bits per heavy atom. The van der Waals surface area contributed by atoms with Gasteiger partial charge in [0.1, 0.15) is 0 Å². The molecule has 1 aliphatic heterocycles. The summed E-state index contributed by atoms with van der Waals surface area (Å²) in [5, 5.41) is 7.82. The van der Waals surface area contributed by atoms with Gasteiger partial charge in [0, 0.05) is 48.2 Å². The summed E-state index contributed by atoms with van der Waals surface area (Å²) in [4.78, 5) is 30.3. The molecule has 0 aliphatic carbocycles. The first-order chi connectivity index (χ1) is 17.9. The highest BCUT2D eigenvalue weighted by atomic mass is 16.2. The lowest BCUT2D eigenvalue weighted by Gasteiger charge is -2.29. The van der Waals surface area contributed by atoms with Gasteiger partial charge in [0.15, 0.2) is 0 Å². The summed E-state index contributed by atoms with van der Waals surface area (Å²) in [5.74, 6) is -0.0875. The van der Waals surface area contributed by atoms with Crippen molar-refractivity contribution in [2.24, 2.45) is 7.05 Å². The lowest BCUT2D eigenvalue weighted by Crippen LogP contribution is -2.39. The lowest BCUT2D eigenvalue weighted by atomic mass is 10.0. The van der Waals surface area contributed by atoms with E-state index in [1.54, 1.807) is 4.90 Å². The second kappa shape index (κ2) is 10.3. The molecular weight excluding hydrogens is 462 g/mol. The van der Waals surface area contributed by atoms with Gasteiger partial charge in [-0.3, -0.25) is 9.48 Å². The standard InChI is InChI=1S/C30H31N5O2/c1-21-12-14-23(15-13-21)29(36)35(25-10-5-4-6-11-25)20-27-26-19-34(17-16-28(26)33(3)32-27)30(37)31-24-9-7-8-22(2)18-24/h4-15,18H,16-17,19-20H2,1-3H3,(H,31,37). The molecule has 0 bridgehead atoms. The van der Waals surface area contributed by atoms with E-state index in [9.17, 15) is 9.59 Å². The number of carbonyl (C=O) groups is 2. The highest BCUT2D eigenvalue weighted by Crippen LogP contribution is 2.27. The molecule has 3 aromatic carbocycles. The van der Waals surface area contributed by atoms with Crippen LogP contribution in [0.1, 0.15) is 38.4 Å². The Labute approximate surface area is 217 Å². The molecule has 4 aromatic rings. The molecule has 2 heterocycles. The summed E-state index contributed by atoms with van der Waals surface area (Å²) in [7, 11) is 1.93. The highest BCUT2D eigenvalue weighted by Gasteiger charge is 2.29. The van der Waals surface area contributed by atoms with Crippen molar-refractivity contribution in [3.8, 4) is 0 Å². The molecule has 5 rings (SSSR count). The number of hydrogen-bond acceptors (Lipinski definition) is 3. The van der Waals surface area contributed by atoms with E-state index in [2.05, 4.69) is 5.32 Å². The lowest BCUT2D eigenvalue weighted by molar-refractivity contribution is 0.0984. The Hall–Kier alpha value is -4.39. The Balaban J connectivity index is 1.42. The van der Waals surface area contributed by atoms with Crippen molar-refractivity contribution in [1.82, 2.24) is 14.7 Å². The maximum Gasteiger partial charge on any atom is 0.322 e. The van der Waals surface area contributed by atoms with Gasteiger partial charge in [-0.05, 0) is 55.8 Å². The first-order valence-electron chi connectivity index (χ1n) is 12.5. The molecule has 0 fully saturated rings. The molecule has 0 radical (unpaired) electrons. The maximum absolute atomic E-state index is 13.7. The van der Waals surface area contributed by atoms with Crippen molar-refractivity contribution in [2.45, 2.75) is 33.4 Å². The van der Waals surface area contributed by atoms with Crippen molar-refractivity contribution in [3.63, 3.8) is 0 Å². The number of hydrogen-bond donors (Lipinski definition) is 1. The average molecular weight is 494 g/mol. The number of anilines is 2. The second-order valence-electron chi connectivity index (χ2n) is 9.56.